The highest BCUT2D eigenvalue weighted by atomic mass is 14.7. The van der Waals surface area contributed by atoms with Crippen molar-refractivity contribution < 1.29 is 0 Å². The van der Waals surface area contributed by atoms with Crippen LogP contribution in [0.1, 0.15) is 57.9 Å². The quantitative estimate of drug-likeness (QED) is 0.780. The van der Waals surface area contributed by atoms with Gasteiger partial charge in [0.25, 0.3) is 0 Å². The van der Waals surface area contributed by atoms with Gasteiger partial charge in [0.05, 0.1) is 0 Å². The Bertz CT molecular complexity index is 291. The van der Waals surface area contributed by atoms with Crippen LogP contribution >= 0.6 is 0 Å². The average Bonchev–Trinajstić information content (AvgIpc) is 2.38. The SMILES string of the molecule is CCCC(CCC)C(N)C(C)c1ccncc1. The van der Waals surface area contributed by atoms with Gasteiger partial charge in [0.2, 0.25) is 0 Å². The predicted octanol–water partition coefficient (Wildman–Crippen LogP) is 3.73. The second-order valence-electron chi connectivity index (χ2n) is 4.98. The minimum absolute atomic E-state index is 0.261. The molecule has 2 nitrogen and oxygen atoms in total. The van der Waals surface area contributed by atoms with Gasteiger partial charge in [0.1, 0.15) is 0 Å². The van der Waals surface area contributed by atoms with E-state index in [1.165, 1.54) is 31.2 Å². The molecular weight excluding hydrogens is 208 g/mol. The van der Waals surface area contributed by atoms with Crippen LogP contribution in [0.2, 0.25) is 0 Å². The van der Waals surface area contributed by atoms with Crippen molar-refractivity contribution in [2.75, 3.05) is 0 Å². The van der Waals surface area contributed by atoms with Crippen LogP contribution in [0, 0.1) is 5.92 Å². The number of nitrogens with zero attached hydrogens (tertiary/aromatic N) is 1. The van der Waals surface area contributed by atoms with E-state index in [1.807, 2.05) is 12.4 Å². The van der Waals surface area contributed by atoms with Crippen LogP contribution in [0.25, 0.3) is 0 Å². The first-order valence-electron chi connectivity index (χ1n) is 6.86. The van der Waals surface area contributed by atoms with Crippen LogP contribution in [0.15, 0.2) is 24.5 Å². The Balaban J connectivity index is 2.69. The second kappa shape index (κ2) is 7.44. The molecule has 0 spiro atoms. The van der Waals surface area contributed by atoms with E-state index >= 15 is 0 Å². The fraction of sp³-hybridized carbons (Fsp3) is 0.667. The van der Waals surface area contributed by atoms with Crippen LogP contribution in [0.3, 0.4) is 0 Å². The Morgan fingerprint density at radius 3 is 2.12 bits per heavy atom. The first-order valence-corrected chi connectivity index (χ1v) is 6.86. The van der Waals surface area contributed by atoms with Gasteiger partial charge in [-0.25, -0.2) is 0 Å². The molecule has 17 heavy (non-hydrogen) atoms. The van der Waals surface area contributed by atoms with Crippen molar-refractivity contribution in [1.29, 1.82) is 0 Å². The second-order valence-corrected chi connectivity index (χ2v) is 4.98. The molecule has 0 aromatic carbocycles. The van der Waals surface area contributed by atoms with Gasteiger partial charge < -0.3 is 5.73 Å². The average molecular weight is 234 g/mol. The summed E-state index contributed by atoms with van der Waals surface area (Å²) in [6.07, 6.45) is 8.64. The lowest BCUT2D eigenvalue weighted by Crippen LogP contribution is -2.35. The Morgan fingerprint density at radius 2 is 1.65 bits per heavy atom. The van der Waals surface area contributed by atoms with Crippen molar-refractivity contribution in [2.24, 2.45) is 11.7 Å². The molecule has 0 aliphatic heterocycles. The molecule has 0 fully saturated rings. The third kappa shape index (κ3) is 4.12. The molecule has 0 bridgehead atoms. The molecular formula is C15H26N2. The third-order valence-electron chi connectivity index (χ3n) is 3.67. The highest BCUT2D eigenvalue weighted by Gasteiger charge is 2.22. The van der Waals surface area contributed by atoms with Gasteiger partial charge in [-0.05, 0) is 42.4 Å². The van der Waals surface area contributed by atoms with Crippen LogP contribution in [-0.4, -0.2) is 11.0 Å². The summed E-state index contributed by atoms with van der Waals surface area (Å²) in [5, 5.41) is 0. The van der Waals surface area contributed by atoms with Gasteiger partial charge >= 0.3 is 0 Å². The fourth-order valence-electron chi connectivity index (χ4n) is 2.57. The molecule has 2 heteroatoms. The lowest BCUT2D eigenvalue weighted by molar-refractivity contribution is 0.330. The Kier molecular flexibility index (Phi) is 6.20. The summed E-state index contributed by atoms with van der Waals surface area (Å²) in [6, 6.07) is 4.43. The number of pyridine rings is 1. The zero-order valence-corrected chi connectivity index (χ0v) is 11.4. The number of nitrogens with two attached hydrogens (primary N) is 1. The number of aromatic nitrogens is 1. The maximum Gasteiger partial charge on any atom is 0.0270 e. The Labute approximate surface area is 106 Å². The molecule has 0 saturated heterocycles. The molecule has 1 heterocycles. The van der Waals surface area contributed by atoms with Crippen molar-refractivity contribution in [2.45, 2.75) is 58.4 Å². The van der Waals surface area contributed by atoms with Gasteiger partial charge in [0.15, 0.2) is 0 Å². The molecule has 0 radical (unpaired) electrons. The Morgan fingerprint density at radius 1 is 1.12 bits per heavy atom. The van der Waals surface area contributed by atoms with Gasteiger partial charge in [-0.15, -0.1) is 0 Å². The van der Waals surface area contributed by atoms with E-state index in [0.29, 0.717) is 11.8 Å². The Hall–Kier alpha value is -0.890. The van der Waals surface area contributed by atoms with Crippen LogP contribution in [0.4, 0.5) is 0 Å². The van der Waals surface area contributed by atoms with E-state index in [9.17, 15) is 0 Å². The monoisotopic (exact) mass is 234 g/mol. The maximum atomic E-state index is 6.45. The summed E-state index contributed by atoms with van der Waals surface area (Å²) in [5.41, 5.74) is 7.76. The van der Waals surface area contributed by atoms with Crippen molar-refractivity contribution in [1.82, 2.24) is 4.98 Å². The van der Waals surface area contributed by atoms with E-state index in [-0.39, 0.29) is 6.04 Å². The highest BCUT2D eigenvalue weighted by Crippen LogP contribution is 2.27. The van der Waals surface area contributed by atoms with E-state index in [4.69, 9.17) is 5.73 Å². The normalized spacial score (nSPS) is 14.9. The molecule has 96 valence electrons. The number of rotatable bonds is 7. The first-order chi connectivity index (χ1) is 8.20. The summed E-state index contributed by atoms with van der Waals surface area (Å²) in [7, 11) is 0. The number of hydrogen-bond donors (Lipinski definition) is 1. The summed E-state index contributed by atoms with van der Waals surface area (Å²) < 4.78 is 0. The molecule has 0 aliphatic carbocycles. The third-order valence-corrected chi connectivity index (χ3v) is 3.67. The van der Waals surface area contributed by atoms with E-state index in [2.05, 4.69) is 37.9 Å². The smallest absolute Gasteiger partial charge is 0.0270 e. The molecule has 0 amide bonds. The van der Waals surface area contributed by atoms with Crippen molar-refractivity contribution in [3.05, 3.63) is 30.1 Å². The zero-order chi connectivity index (χ0) is 12.7. The molecule has 0 saturated carbocycles. The molecule has 1 aromatic heterocycles. The van der Waals surface area contributed by atoms with Gasteiger partial charge in [0, 0.05) is 18.4 Å². The number of hydrogen-bond acceptors (Lipinski definition) is 2. The molecule has 2 N–H and O–H groups in total. The summed E-state index contributed by atoms with van der Waals surface area (Å²) >= 11 is 0. The minimum atomic E-state index is 0.261. The molecule has 2 unspecified atom stereocenters. The minimum Gasteiger partial charge on any atom is -0.327 e. The highest BCUT2D eigenvalue weighted by molar-refractivity contribution is 5.17. The first kappa shape index (κ1) is 14.2. The lowest BCUT2D eigenvalue weighted by atomic mass is 9.81. The van der Waals surface area contributed by atoms with Crippen LogP contribution in [-0.2, 0) is 0 Å². The molecule has 2 atom stereocenters. The zero-order valence-electron chi connectivity index (χ0n) is 11.4. The fourth-order valence-corrected chi connectivity index (χ4v) is 2.57. The van der Waals surface area contributed by atoms with E-state index in [0.717, 1.165) is 0 Å². The summed E-state index contributed by atoms with van der Waals surface area (Å²) in [5.74, 6) is 1.06. The van der Waals surface area contributed by atoms with Gasteiger partial charge in [-0.2, -0.15) is 0 Å². The largest absolute Gasteiger partial charge is 0.327 e. The van der Waals surface area contributed by atoms with Crippen LogP contribution in [0.5, 0.6) is 0 Å². The maximum absolute atomic E-state index is 6.45. The predicted molar refractivity (Wildman–Crippen MR) is 73.9 cm³/mol. The summed E-state index contributed by atoms with van der Waals surface area (Å²) in [6.45, 7) is 6.72. The lowest BCUT2D eigenvalue weighted by Gasteiger charge is -2.28. The van der Waals surface area contributed by atoms with Crippen molar-refractivity contribution in [3.8, 4) is 0 Å². The van der Waals surface area contributed by atoms with Gasteiger partial charge in [-0.1, -0.05) is 33.6 Å². The summed E-state index contributed by atoms with van der Waals surface area (Å²) in [4.78, 5) is 4.06. The van der Waals surface area contributed by atoms with Crippen LogP contribution < -0.4 is 5.73 Å². The van der Waals surface area contributed by atoms with Gasteiger partial charge in [-0.3, -0.25) is 4.98 Å². The van der Waals surface area contributed by atoms with Crippen molar-refractivity contribution in [3.63, 3.8) is 0 Å². The standard InChI is InChI=1S/C15H26N2/c1-4-6-14(7-5-2)15(16)12(3)13-8-10-17-11-9-13/h8-12,14-15H,4-7,16H2,1-3H3. The van der Waals surface area contributed by atoms with Crippen molar-refractivity contribution >= 4 is 0 Å². The molecule has 1 aromatic rings. The topological polar surface area (TPSA) is 38.9 Å². The molecule has 1 rings (SSSR count). The van der Waals surface area contributed by atoms with E-state index < -0.39 is 0 Å². The molecule has 0 aliphatic rings. The van der Waals surface area contributed by atoms with E-state index in [1.54, 1.807) is 0 Å².